The third-order valence-corrected chi connectivity index (χ3v) is 4.60. The van der Waals surface area contributed by atoms with Crippen molar-refractivity contribution < 1.29 is 9.34 Å². The average Bonchev–Trinajstić information content (AvgIpc) is 3.25. The van der Waals surface area contributed by atoms with E-state index >= 15 is 0 Å². The van der Waals surface area contributed by atoms with Crippen molar-refractivity contribution in [3.8, 4) is 10.8 Å². The molecule has 124 valence electrons. The number of hydrogen-bond donors (Lipinski definition) is 0. The van der Waals surface area contributed by atoms with Crippen LogP contribution in [0.5, 0.6) is 0 Å². The molecule has 0 unspecified atom stereocenters. The fraction of sp³-hybridized carbons (Fsp3) is 0.235. The van der Waals surface area contributed by atoms with Gasteiger partial charge in [-0.05, 0) is 18.7 Å². The summed E-state index contributed by atoms with van der Waals surface area (Å²) in [5, 5.41) is 14.0. The molecule has 0 saturated carbocycles. The second-order valence-electron chi connectivity index (χ2n) is 5.31. The Hall–Kier alpha value is -2.51. The van der Waals surface area contributed by atoms with E-state index in [1.54, 1.807) is 24.5 Å². The molecule has 0 radical (unpaired) electrons. The molecule has 0 spiro atoms. The lowest BCUT2D eigenvalue weighted by molar-refractivity contribution is -0.385. The molecule has 0 bridgehead atoms. The molecule has 0 fully saturated rings. The zero-order valence-electron chi connectivity index (χ0n) is 13.2. The van der Waals surface area contributed by atoms with Gasteiger partial charge in [-0.25, -0.2) is 4.98 Å². The zero-order chi connectivity index (χ0) is 16.9. The highest BCUT2D eigenvalue weighted by Gasteiger charge is 2.16. The number of nitro groups is 1. The fourth-order valence-corrected chi connectivity index (χ4v) is 3.24. The van der Waals surface area contributed by atoms with Gasteiger partial charge in [0.2, 0.25) is 0 Å². The van der Waals surface area contributed by atoms with Crippen molar-refractivity contribution in [2.24, 2.45) is 0 Å². The number of nitro benzene ring substituents is 1. The summed E-state index contributed by atoms with van der Waals surface area (Å²) in [6.07, 6.45) is 1.63. The molecule has 0 N–H and O–H groups in total. The predicted molar refractivity (Wildman–Crippen MR) is 92.7 cm³/mol. The van der Waals surface area contributed by atoms with Gasteiger partial charge in [-0.3, -0.25) is 15.0 Å². The first-order chi connectivity index (χ1) is 11.7. The maximum atomic E-state index is 11.2. The molecular weight excluding hydrogens is 326 g/mol. The standard InChI is InChI=1S/C17H17N3O3S/c1-2-19(10-13-6-3-4-7-15(13)20(21)22)11-14-12-24-17(18-14)16-8-5-9-23-16/h3-9,12H,2,10-11H2,1H3. The first-order valence-electron chi connectivity index (χ1n) is 7.60. The van der Waals surface area contributed by atoms with E-state index in [4.69, 9.17) is 4.42 Å². The summed E-state index contributed by atoms with van der Waals surface area (Å²) in [6.45, 7) is 3.97. The number of benzene rings is 1. The Morgan fingerprint density at radius 2 is 2.08 bits per heavy atom. The molecule has 0 aliphatic carbocycles. The zero-order valence-corrected chi connectivity index (χ0v) is 14.0. The summed E-state index contributed by atoms with van der Waals surface area (Å²) in [4.78, 5) is 17.5. The van der Waals surface area contributed by atoms with Gasteiger partial charge in [0.25, 0.3) is 5.69 Å². The van der Waals surface area contributed by atoms with Crippen molar-refractivity contribution in [3.05, 3.63) is 69.4 Å². The minimum absolute atomic E-state index is 0.158. The lowest BCUT2D eigenvalue weighted by atomic mass is 10.1. The van der Waals surface area contributed by atoms with E-state index in [0.717, 1.165) is 23.0 Å². The van der Waals surface area contributed by atoms with Gasteiger partial charge in [0, 0.05) is 30.1 Å². The molecule has 0 atom stereocenters. The van der Waals surface area contributed by atoms with E-state index in [1.165, 1.54) is 11.3 Å². The number of rotatable bonds is 7. The van der Waals surface area contributed by atoms with Crippen molar-refractivity contribution in [2.45, 2.75) is 20.0 Å². The van der Waals surface area contributed by atoms with Crippen LogP contribution in [0.1, 0.15) is 18.2 Å². The Balaban J connectivity index is 1.73. The molecule has 0 saturated heterocycles. The molecule has 3 aromatic rings. The number of nitrogens with zero attached hydrogens (tertiary/aromatic N) is 3. The van der Waals surface area contributed by atoms with Gasteiger partial charge in [0.1, 0.15) is 0 Å². The Labute approximate surface area is 143 Å². The van der Waals surface area contributed by atoms with Gasteiger partial charge in [-0.15, -0.1) is 11.3 Å². The van der Waals surface area contributed by atoms with E-state index in [2.05, 4.69) is 9.88 Å². The van der Waals surface area contributed by atoms with Crippen LogP contribution in [0.15, 0.2) is 52.5 Å². The van der Waals surface area contributed by atoms with Crippen LogP contribution in [0.2, 0.25) is 0 Å². The summed E-state index contributed by atoms with van der Waals surface area (Å²) in [6, 6.07) is 10.6. The molecule has 2 heterocycles. The fourth-order valence-electron chi connectivity index (χ4n) is 2.47. The van der Waals surface area contributed by atoms with Crippen molar-refractivity contribution >= 4 is 17.0 Å². The van der Waals surface area contributed by atoms with Crippen molar-refractivity contribution in [1.82, 2.24) is 9.88 Å². The molecule has 24 heavy (non-hydrogen) atoms. The van der Waals surface area contributed by atoms with Crippen LogP contribution in [-0.4, -0.2) is 21.4 Å². The van der Waals surface area contributed by atoms with E-state index in [-0.39, 0.29) is 10.6 Å². The smallest absolute Gasteiger partial charge is 0.273 e. The summed E-state index contributed by atoms with van der Waals surface area (Å²) in [7, 11) is 0. The molecule has 1 aromatic carbocycles. The third-order valence-electron chi connectivity index (χ3n) is 3.70. The molecule has 0 aliphatic rings. The summed E-state index contributed by atoms with van der Waals surface area (Å²) in [5.74, 6) is 0.757. The van der Waals surface area contributed by atoms with Crippen LogP contribution in [0, 0.1) is 10.1 Å². The van der Waals surface area contributed by atoms with Crippen LogP contribution in [0.4, 0.5) is 5.69 Å². The first-order valence-corrected chi connectivity index (χ1v) is 8.48. The second kappa shape index (κ2) is 7.37. The maximum absolute atomic E-state index is 11.2. The molecule has 0 aliphatic heterocycles. The molecule has 0 amide bonds. The van der Waals surface area contributed by atoms with E-state index in [9.17, 15) is 10.1 Å². The largest absolute Gasteiger partial charge is 0.462 e. The van der Waals surface area contributed by atoms with E-state index in [1.807, 2.05) is 30.5 Å². The molecule has 6 nitrogen and oxygen atoms in total. The van der Waals surface area contributed by atoms with E-state index in [0.29, 0.717) is 18.7 Å². The highest BCUT2D eigenvalue weighted by molar-refractivity contribution is 7.13. The Morgan fingerprint density at radius 1 is 1.25 bits per heavy atom. The third kappa shape index (κ3) is 3.69. The van der Waals surface area contributed by atoms with Gasteiger partial charge in [-0.1, -0.05) is 25.1 Å². The second-order valence-corrected chi connectivity index (χ2v) is 6.17. The topological polar surface area (TPSA) is 72.4 Å². The minimum atomic E-state index is -0.332. The number of hydrogen-bond acceptors (Lipinski definition) is 6. The highest BCUT2D eigenvalue weighted by atomic mass is 32.1. The number of furan rings is 1. The van der Waals surface area contributed by atoms with Crippen molar-refractivity contribution in [2.75, 3.05) is 6.54 Å². The SMILES string of the molecule is CCN(Cc1csc(-c2ccco2)n1)Cc1ccccc1[N+](=O)[O-]. The summed E-state index contributed by atoms with van der Waals surface area (Å²) >= 11 is 1.53. The Bertz CT molecular complexity index is 814. The van der Waals surface area contributed by atoms with Crippen LogP contribution in [0.3, 0.4) is 0 Å². The van der Waals surface area contributed by atoms with Gasteiger partial charge < -0.3 is 4.42 Å². The van der Waals surface area contributed by atoms with Crippen LogP contribution >= 0.6 is 11.3 Å². The molecule has 3 rings (SSSR count). The lowest BCUT2D eigenvalue weighted by Crippen LogP contribution is -2.23. The van der Waals surface area contributed by atoms with Crippen molar-refractivity contribution in [3.63, 3.8) is 0 Å². The number of para-hydroxylation sites is 1. The van der Waals surface area contributed by atoms with Crippen LogP contribution < -0.4 is 0 Å². The highest BCUT2D eigenvalue weighted by Crippen LogP contribution is 2.25. The normalized spacial score (nSPS) is 11.1. The lowest BCUT2D eigenvalue weighted by Gasteiger charge is -2.19. The van der Waals surface area contributed by atoms with Gasteiger partial charge in [0.05, 0.1) is 16.9 Å². The molecule has 2 aromatic heterocycles. The maximum Gasteiger partial charge on any atom is 0.273 e. The van der Waals surface area contributed by atoms with E-state index < -0.39 is 0 Å². The quantitative estimate of drug-likeness (QED) is 0.471. The first kappa shape index (κ1) is 16.4. The van der Waals surface area contributed by atoms with Crippen LogP contribution in [0.25, 0.3) is 10.8 Å². The molecular formula is C17H17N3O3S. The van der Waals surface area contributed by atoms with Crippen LogP contribution in [-0.2, 0) is 13.1 Å². The van der Waals surface area contributed by atoms with Crippen molar-refractivity contribution in [1.29, 1.82) is 0 Å². The van der Waals surface area contributed by atoms with Gasteiger partial charge in [0.15, 0.2) is 10.8 Å². The summed E-state index contributed by atoms with van der Waals surface area (Å²) < 4.78 is 5.36. The molecule has 7 heteroatoms. The number of thiazole rings is 1. The average molecular weight is 343 g/mol. The Morgan fingerprint density at radius 3 is 2.79 bits per heavy atom. The monoisotopic (exact) mass is 343 g/mol. The predicted octanol–water partition coefficient (Wildman–Crippen LogP) is 4.33. The summed E-state index contributed by atoms with van der Waals surface area (Å²) in [5.41, 5.74) is 1.81. The Kier molecular flexibility index (Phi) is 5.02. The van der Waals surface area contributed by atoms with Gasteiger partial charge in [-0.2, -0.15) is 0 Å². The minimum Gasteiger partial charge on any atom is -0.462 e. The number of aromatic nitrogens is 1. The van der Waals surface area contributed by atoms with Gasteiger partial charge >= 0.3 is 0 Å².